The van der Waals surface area contributed by atoms with Crippen molar-refractivity contribution in [1.82, 2.24) is 0 Å². The molecule has 0 aromatic carbocycles. The molecule has 5 nitrogen and oxygen atoms in total. The van der Waals surface area contributed by atoms with E-state index in [0.717, 1.165) is 0 Å². The largest absolute Gasteiger partial charge is 0.478 e. The third-order valence-corrected chi connectivity index (χ3v) is 2.61. The second-order valence-electron chi connectivity index (χ2n) is 4.33. The Hall–Kier alpha value is -0.910. The Balaban J connectivity index is 2.24. The number of hydrogen-bond acceptors (Lipinski definition) is 4. The van der Waals surface area contributed by atoms with E-state index in [9.17, 15) is 9.90 Å². The lowest BCUT2D eigenvalue weighted by molar-refractivity contribution is -0.152. The van der Waals surface area contributed by atoms with Crippen molar-refractivity contribution >= 4 is 5.97 Å². The van der Waals surface area contributed by atoms with Crippen LogP contribution in [-0.4, -0.2) is 40.3 Å². The maximum Gasteiger partial charge on any atom is 0.331 e. The zero-order valence-corrected chi connectivity index (χ0v) is 8.64. The molecular weight excluding hydrogens is 200 g/mol. The Bertz CT molecular complexity index is 320. The van der Waals surface area contributed by atoms with E-state index in [4.69, 9.17) is 14.6 Å². The highest BCUT2D eigenvalue weighted by Gasteiger charge is 2.46. The van der Waals surface area contributed by atoms with Crippen LogP contribution in [0.15, 0.2) is 11.6 Å². The number of aliphatic hydroxyl groups excluding tert-OH is 1. The Labute approximate surface area is 87.3 Å². The van der Waals surface area contributed by atoms with E-state index in [1.54, 1.807) is 13.8 Å². The molecule has 0 saturated carbocycles. The smallest absolute Gasteiger partial charge is 0.331 e. The van der Waals surface area contributed by atoms with E-state index in [0.29, 0.717) is 0 Å². The molecule has 3 atom stereocenters. The third-order valence-electron chi connectivity index (χ3n) is 2.61. The van der Waals surface area contributed by atoms with E-state index in [1.807, 2.05) is 0 Å². The number of hydrogen-bond donors (Lipinski definition) is 2. The molecule has 0 spiro atoms. The van der Waals surface area contributed by atoms with Crippen LogP contribution in [0.2, 0.25) is 0 Å². The van der Waals surface area contributed by atoms with Gasteiger partial charge in [0.15, 0.2) is 5.79 Å². The van der Waals surface area contributed by atoms with E-state index < -0.39 is 30.1 Å². The Kier molecular flexibility index (Phi) is 2.33. The van der Waals surface area contributed by atoms with Crippen LogP contribution in [0.5, 0.6) is 0 Å². The van der Waals surface area contributed by atoms with Gasteiger partial charge >= 0.3 is 5.97 Å². The summed E-state index contributed by atoms with van der Waals surface area (Å²) >= 11 is 0. The predicted molar refractivity (Wildman–Crippen MR) is 50.2 cm³/mol. The third kappa shape index (κ3) is 1.90. The zero-order chi connectivity index (χ0) is 11.2. The summed E-state index contributed by atoms with van der Waals surface area (Å²) in [6.07, 6.45) is -0.101. The minimum absolute atomic E-state index is 0.107. The number of aliphatic hydroxyl groups is 1. The van der Waals surface area contributed by atoms with Crippen LogP contribution in [0.25, 0.3) is 0 Å². The van der Waals surface area contributed by atoms with Crippen LogP contribution >= 0.6 is 0 Å². The summed E-state index contributed by atoms with van der Waals surface area (Å²) in [5.41, 5.74) is 0.185. The molecule has 1 unspecified atom stereocenters. The Morgan fingerprint density at radius 3 is 2.80 bits per heavy atom. The number of fused-ring (bicyclic) bond motifs is 1. The summed E-state index contributed by atoms with van der Waals surface area (Å²) in [4.78, 5) is 10.8. The van der Waals surface area contributed by atoms with Crippen molar-refractivity contribution in [2.75, 3.05) is 0 Å². The molecule has 0 aromatic rings. The summed E-state index contributed by atoms with van der Waals surface area (Å²) in [7, 11) is 0. The Morgan fingerprint density at radius 1 is 1.53 bits per heavy atom. The van der Waals surface area contributed by atoms with Crippen LogP contribution < -0.4 is 0 Å². The van der Waals surface area contributed by atoms with Crippen LogP contribution in [0.1, 0.15) is 20.3 Å². The average Bonchev–Trinajstić information content (AvgIpc) is 2.39. The first kappa shape index (κ1) is 10.6. The average molecular weight is 214 g/mol. The summed E-state index contributed by atoms with van der Waals surface area (Å²) < 4.78 is 11.0. The van der Waals surface area contributed by atoms with Gasteiger partial charge in [0.25, 0.3) is 0 Å². The fourth-order valence-corrected chi connectivity index (χ4v) is 2.01. The van der Waals surface area contributed by atoms with Gasteiger partial charge in [-0.2, -0.15) is 0 Å². The van der Waals surface area contributed by atoms with Crippen LogP contribution in [0.4, 0.5) is 0 Å². The molecule has 1 fully saturated rings. The minimum atomic E-state index is -1.01. The van der Waals surface area contributed by atoms with Crippen molar-refractivity contribution in [3.05, 3.63) is 11.6 Å². The maximum absolute atomic E-state index is 10.8. The van der Waals surface area contributed by atoms with Crippen molar-refractivity contribution in [3.8, 4) is 0 Å². The molecule has 84 valence electrons. The van der Waals surface area contributed by atoms with E-state index in [-0.39, 0.29) is 12.0 Å². The molecule has 15 heavy (non-hydrogen) atoms. The SMILES string of the molecule is CC1(C)OC2C=C(C(=O)O)C[C@H](O)[C@H]2O1. The molecule has 1 heterocycles. The van der Waals surface area contributed by atoms with Gasteiger partial charge < -0.3 is 19.7 Å². The molecule has 2 aliphatic rings. The van der Waals surface area contributed by atoms with E-state index in [1.165, 1.54) is 6.08 Å². The van der Waals surface area contributed by atoms with Gasteiger partial charge in [0, 0.05) is 12.0 Å². The molecule has 2 N–H and O–H groups in total. The topological polar surface area (TPSA) is 76.0 Å². The molecule has 1 aliphatic heterocycles. The van der Waals surface area contributed by atoms with Crippen molar-refractivity contribution in [1.29, 1.82) is 0 Å². The first-order valence-electron chi connectivity index (χ1n) is 4.87. The lowest BCUT2D eigenvalue weighted by Gasteiger charge is -2.25. The van der Waals surface area contributed by atoms with Gasteiger partial charge in [-0.1, -0.05) is 0 Å². The van der Waals surface area contributed by atoms with Gasteiger partial charge in [-0.3, -0.25) is 0 Å². The lowest BCUT2D eigenvalue weighted by atomic mass is 9.92. The van der Waals surface area contributed by atoms with Crippen LogP contribution in [0, 0.1) is 0 Å². The summed E-state index contributed by atoms with van der Waals surface area (Å²) in [5, 5.41) is 18.6. The molecule has 5 heteroatoms. The van der Waals surface area contributed by atoms with E-state index in [2.05, 4.69) is 0 Å². The first-order valence-corrected chi connectivity index (χ1v) is 4.87. The fraction of sp³-hybridized carbons (Fsp3) is 0.700. The summed E-state index contributed by atoms with van der Waals surface area (Å²) in [6, 6.07) is 0. The van der Waals surface area contributed by atoms with Crippen molar-refractivity contribution < 1.29 is 24.5 Å². The monoisotopic (exact) mass is 214 g/mol. The van der Waals surface area contributed by atoms with Crippen LogP contribution in [-0.2, 0) is 14.3 Å². The molecule has 0 radical (unpaired) electrons. The number of carboxylic acid groups (broad SMARTS) is 1. The first-order chi connectivity index (χ1) is 6.89. The maximum atomic E-state index is 10.8. The predicted octanol–water partition coefficient (Wildman–Crippen LogP) is 0.282. The van der Waals surface area contributed by atoms with Crippen molar-refractivity contribution in [3.63, 3.8) is 0 Å². The highest BCUT2D eigenvalue weighted by Crippen LogP contribution is 2.35. The second-order valence-corrected chi connectivity index (χ2v) is 4.33. The van der Waals surface area contributed by atoms with Crippen LogP contribution in [0.3, 0.4) is 0 Å². The summed E-state index contributed by atoms with van der Waals surface area (Å²) in [6.45, 7) is 3.48. The van der Waals surface area contributed by atoms with Crippen molar-refractivity contribution in [2.24, 2.45) is 0 Å². The molecule has 1 aliphatic carbocycles. The van der Waals surface area contributed by atoms with Gasteiger partial charge in [-0.15, -0.1) is 0 Å². The second kappa shape index (κ2) is 3.30. The van der Waals surface area contributed by atoms with Gasteiger partial charge in [0.05, 0.1) is 6.10 Å². The lowest BCUT2D eigenvalue weighted by Crippen LogP contribution is -2.39. The fourth-order valence-electron chi connectivity index (χ4n) is 2.01. The quantitative estimate of drug-likeness (QED) is 0.655. The highest BCUT2D eigenvalue weighted by molar-refractivity contribution is 5.87. The van der Waals surface area contributed by atoms with Gasteiger partial charge in [-0.25, -0.2) is 4.79 Å². The normalized spacial score (nSPS) is 38.3. The van der Waals surface area contributed by atoms with Gasteiger partial charge in [0.2, 0.25) is 0 Å². The molecular formula is C10H14O5. The molecule has 1 saturated heterocycles. The number of carbonyl (C=O) groups is 1. The van der Waals surface area contributed by atoms with Gasteiger partial charge in [-0.05, 0) is 19.9 Å². The highest BCUT2D eigenvalue weighted by atomic mass is 16.8. The minimum Gasteiger partial charge on any atom is -0.478 e. The number of rotatable bonds is 1. The standard InChI is InChI=1S/C10H14O5/c1-10(2)14-7-4-5(9(12)13)3-6(11)8(7)15-10/h4,6-8,11H,3H2,1-2H3,(H,12,13)/t6-,7?,8+/m0/s1. The van der Waals surface area contributed by atoms with E-state index >= 15 is 0 Å². The van der Waals surface area contributed by atoms with Gasteiger partial charge in [0.1, 0.15) is 12.2 Å². The number of carboxylic acids is 1. The molecule has 0 aromatic heterocycles. The van der Waals surface area contributed by atoms with Crippen molar-refractivity contribution in [2.45, 2.75) is 44.4 Å². The number of aliphatic carboxylic acids is 1. The number of ether oxygens (including phenoxy) is 2. The molecule has 0 amide bonds. The Morgan fingerprint density at radius 2 is 2.20 bits per heavy atom. The molecule has 2 rings (SSSR count). The summed E-state index contributed by atoms with van der Waals surface area (Å²) in [5.74, 6) is -1.78. The molecule has 0 bridgehead atoms. The zero-order valence-electron chi connectivity index (χ0n) is 8.64.